The highest BCUT2D eigenvalue weighted by Gasteiger charge is 2.16. The van der Waals surface area contributed by atoms with Crippen molar-refractivity contribution in [1.82, 2.24) is 0 Å². The van der Waals surface area contributed by atoms with E-state index in [2.05, 4.69) is 20.7 Å². The van der Waals surface area contributed by atoms with Crippen LogP contribution in [0.5, 0.6) is 5.75 Å². The number of anilines is 1. The Hall–Kier alpha value is -1.60. The van der Waals surface area contributed by atoms with E-state index in [-0.39, 0.29) is 10.6 Å². The fourth-order valence-corrected chi connectivity index (χ4v) is 3.01. The Kier molecular flexibility index (Phi) is 5.42. The quantitative estimate of drug-likeness (QED) is 0.768. The van der Waals surface area contributed by atoms with Crippen LogP contribution in [0.1, 0.15) is 5.56 Å². The molecular formula is C15H15BrFNO3S. The molecule has 2 aromatic carbocycles. The second-order valence-electron chi connectivity index (χ2n) is 4.60. The Morgan fingerprint density at radius 2 is 1.86 bits per heavy atom. The van der Waals surface area contributed by atoms with Gasteiger partial charge in [0.05, 0.1) is 17.2 Å². The summed E-state index contributed by atoms with van der Waals surface area (Å²) >= 11 is 3.24. The average Bonchev–Trinajstić information content (AvgIpc) is 2.48. The van der Waals surface area contributed by atoms with Crippen molar-refractivity contribution in [1.29, 1.82) is 0 Å². The average molecular weight is 388 g/mol. The Bertz CT molecular complexity index is 748. The van der Waals surface area contributed by atoms with Gasteiger partial charge < -0.3 is 4.74 Å². The number of ether oxygens (including phenoxy) is 1. The molecule has 0 bridgehead atoms. The third-order valence-corrected chi connectivity index (χ3v) is 4.55. The third kappa shape index (κ3) is 4.20. The highest BCUT2D eigenvalue weighted by molar-refractivity contribution is 9.09. The maximum Gasteiger partial charge on any atom is 0.261 e. The molecule has 4 nitrogen and oxygen atoms in total. The zero-order chi connectivity index (χ0) is 16.2. The van der Waals surface area contributed by atoms with Crippen LogP contribution in [0.2, 0.25) is 0 Å². The largest absolute Gasteiger partial charge is 0.493 e. The molecule has 22 heavy (non-hydrogen) atoms. The van der Waals surface area contributed by atoms with Crippen LogP contribution < -0.4 is 9.46 Å². The smallest absolute Gasteiger partial charge is 0.261 e. The molecule has 0 atom stereocenters. The van der Waals surface area contributed by atoms with Gasteiger partial charge >= 0.3 is 0 Å². The SMILES string of the molecule is Cc1ccc(NS(=O)(=O)c2ccc(OCCBr)cc2)c(F)c1. The minimum Gasteiger partial charge on any atom is -0.493 e. The lowest BCUT2D eigenvalue weighted by atomic mass is 10.2. The summed E-state index contributed by atoms with van der Waals surface area (Å²) in [4.78, 5) is 0.0404. The van der Waals surface area contributed by atoms with E-state index in [9.17, 15) is 12.8 Å². The minimum absolute atomic E-state index is 0.0404. The van der Waals surface area contributed by atoms with Crippen LogP contribution >= 0.6 is 15.9 Å². The summed E-state index contributed by atoms with van der Waals surface area (Å²) in [6.45, 7) is 2.21. The lowest BCUT2D eigenvalue weighted by molar-refractivity contribution is 0.345. The van der Waals surface area contributed by atoms with Crippen LogP contribution in [-0.2, 0) is 10.0 Å². The molecule has 0 unspecified atom stereocenters. The summed E-state index contributed by atoms with van der Waals surface area (Å²) in [6.07, 6.45) is 0. The topological polar surface area (TPSA) is 55.4 Å². The lowest BCUT2D eigenvalue weighted by Gasteiger charge is -2.10. The minimum atomic E-state index is -3.84. The van der Waals surface area contributed by atoms with Crippen molar-refractivity contribution in [2.45, 2.75) is 11.8 Å². The zero-order valence-electron chi connectivity index (χ0n) is 11.8. The summed E-state index contributed by atoms with van der Waals surface area (Å²) in [5.41, 5.74) is 0.638. The molecule has 0 aliphatic rings. The molecule has 0 aliphatic heterocycles. The molecule has 0 amide bonds. The van der Waals surface area contributed by atoms with Gasteiger partial charge in [-0.25, -0.2) is 12.8 Å². The maximum atomic E-state index is 13.7. The van der Waals surface area contributed by atoms with E-state index in [1.54, 1.807) is 25.1 Å². The molecule has 0 spiro atoms. The highest BCUT2D eigenvalue weighted by Crippen LogP contribution is 2.21. The highest BCUT2D eigenvalue weighted by atomic mass is 79.9. The number of aryl methyl sites for hydroxylation is 1. The normalized spacial score (nSPS) is 11.2. The molecule has 0 aromatic heterocycles. The first-order chi connectivity index (χ1) is 10.4. The van der Waals surface area contributed by atoms with Crippen LogP contribution in [0.15, 0.2) is 47.4 Å². The first-order valence-electron chi connectivity index (χ1n) is 6.50. The van der Waals surface area contributed by atoms with Crippen LogP contribution in [0, 0.1) is 12.7 Å². The Morgan fingerprint density at radius 1 is 1.18 bits per heavy atom. The Morgan fingerprint density at radius 3 is 2.45 bits per heavy atom. The number of hydrogen-bond donors (Lipinski definition) is 1. The van der Waals surface area contributed by atoms with Crippen LogP contribution in [0.25, 0.3) is 0 Å². The molecular weight excluding hydrogens is 373 g/mol. The van der Waals surface area contributed by atoms with Crippen LogP contribution in [-0.4, -0.2) is 20.4 Å². The summed E-state index contributed by atoms with van der Waals surface area (Å²) in [5, 5.41) is 0.682. The van der Waals surface area contributed by atoms with Gasteiger partial charge in [-0.2, -0.15) is 0 Å². The van der Waals surface area contributed by atoms with Crippen LogP contribution in [0.4, 0.5) is 10.1 Å². The Balaban J connectivity index is 2.19. The number of halogens is 2. The van der Waals surface area contributed by atoms with E-state index >= 15 is 0 Å². The van der Waals surface area contributed by atoms with Gasteiger partial charge in [-0.15, -0.1) is 0 Å². The molecule has 2 aromatic rings. The number of hydrogen-bond acceptors (Lipinski definition) is 3. The van der Waals surface area contributed by atoms with Crippen LogP contribution in [0.3, 0.4) is 0 Å². The second kappa shape index (κ2) is 7.11. The van der Waals surface area contributed by atoms with Crippen molar-refractivity contribution in [3.05, 3.63) is 53.8 Å². The fourth-order valence-electron chi connectivity index (χ4n) is 1.78. The van der Waals surface area contributed by atoms with Crippen molar-refractivity contribution >= 4 is 31.6 Å². The molecule has 1 N–H and O–H groups in total. The van der Waals surface area contributed by atoms with Crippen molar-refractivity contribution in [3.8, 4) is 5.75 Å². The molecule has 2 rings (SSSR count). The first kappa shape index (κ1) is 16.8. The maximum absolute atomic E-state index is 13.7. The van der Waals surface area contributed by atoms with E-state index in [0.717, 1.165) is 0 Å². The van der Waals surface area contributed by atoms with Gasteiger partial charge in [0.15, 0.2) is 0 Å². The van der Waals surface area contributed by atoms with Gasteiger partial charge in [0.1, 0.15) is 11.6 Å². The van der Waals surface area contributed by atoms with E-state index in [4.69, 9.17) is 4.74 Å². The summed E-state index contributed by atoms with van der Waals surface area (Å²) in [5.74, 6) is -0.0410. The number of alkyl halides is 1. The summed E-state index contributed by atoms with van der Waals surface area (Å²) < 4.78 is 45.8. The van der Waals surface area contributed by atoms with Gasteiger partial charge in [0.2, 0.25) is 0 Å². The van der Waals surface area contributed by atoms with Crippen molar-refractivity contribution in [2.75, 3.05) is 16.7 Å². The van der Waals surface area contributed by atoms with Gasteiger partial charge in [-0.1, -0.05) is 22.0 Å². The Labute approximate surface area is 137 Å². The number of nitrogens with one attached hydrogen (secondary N) is 1. The standard InChI is InChI=1S/C15H15BrFNO3S/c1-11-2-7-15(14(17)10-11)18-22(19,20)13-5-3-12(4-6-13)21-9-8-16/h2-7,10,18H,8-9H2,1H3. The molecule has 0 aliphatic carbocycles. The van der Waals surface area contributed by atoms with Crippen molar-refractivity contribution < 1.29 is 17.5 Å². The molecule has 7 heteroatoms. The third-order valence-electron chi connectivity index (χ3n) is 2.85. The first-order valence-corrected chi connectivity index (χ1v) is 9.10. The predicted molar refractivity (Wildman–Crippen MR) is 87.7 cm³/mol. The van der Waals surface area contributed by atoms with Gasteiger partial charge in [0, 0.05) is 5.33 Å². The predicted octanol–water partition coefficient (Wildman–Crippen LogP) is 3.71. The summed E-state index contributed by atoms with van der Waals surface area (Å²) in [7, 11) is -3.84. The molecule has 118 valence electrons. The number of benzene rings is 2. The number of rotatable bonds is 6. The lowest BCUT2D eigenvalue weighted by Crippen LogP contribution is -2.14. The second-order valence-corrected chi connectivity index (χ2v) is 7.07. The molecule has 0 heterocycles. The molecule has 0 fully saturated rings. The van der Waals surface area contributed by atoms with Gasteiger partial charge in [-0.3, -0.25) is 4.72 Å². The van der Waals surface area contributed by atoms with Gasteiger partial charge in [-0.05, 0) is 48.9 Å². The monoisotopic (exact) mass is 387 g/mol. The zero-order valence-corrected chi connectivity index (χ0v) is 14.2. The van der Waals surface area contributed by atoms with Gasteiger partial charge in [0.25, 0.3) is 10.0 Å². The van der Waals surface area contributed by atoms with E-state index in [1.807, 2.05) is 0 Å². The van der Waals surface area contributed by atoms with E-state index < -0.39 is 15.8 Å². The van der Waals surface area contributed by atoms with E-state index in [0.29, 0.717) is 23.2 Å². The molecule has 0 radical (unpaired) electrons. The molecule has 0 saturated heterocycles. The summed E-state index contributed by atoms with van der Waals surface area (Å²) in [6, 6.07) is 10.3. The molecule has 0 saturated carbocycles. The fraction of sp³-hybridized carbons (Fsp3) is 0.200. The van der Waals surface area contributed by atoms with Crippen molar-refractivity contribution in [2.24, 2.45) is 0 Å². The number of sulfonamides is 1. The van der Waals surface area contributed by atoms with E-state index in [1.165, 1.54) is 24.3 Å². The van der Waals surface area contributed by atoms with Crippen molar-refractivity contribution in [3.63, 3.8) is 0 Å².